The van der Waals surface area contributed by atoms with Crippen molar-refractivity contribution in [3.63, 3.8) is 0 Å². The molecule has 3 rings (SSSR count). The Balaban J connectivity index is 1.94. The Kier molecular flexibility index (Phi) is 4.47. The van der Waals surface area contributed by atoms with Gasteiger partial charge in [0, 0.05) is 19.1 Å². The average Bonchev–Trinajstić information content (AvgIpc) is 2.89. The molecule has 0 bridgehead atoms. The van der Waals surface area contributed by atoms with Gasteiger partial charge in [-0.1, -0.05) is 23.7 Å². The van der Waals surface area contributed by atoms with Gasteiger partial charge in [-0.15, -0.1) is 0 Å². The number of methoxy groups -OCH3 is 1. The Labute approximate surface area is 135 Å². The number of aromatic nitrogens is 3. The highest BCUT2D eigenvalue weighted by atomic mass is 35.5. The van der Waals surface area contributed by atoms with E-state index in [9.17, 15) is 0 Å². The summed E-state index contributed by atoms with van der Waals surface area (Å²) < 4.78 is 7.30. The number of ether oxygens (including phenoxy) is 1. The molecule has 0 radical (unpaired) electrons. The molecule has 2 aromatic rings. The molecular weight excluding hydrogens is 300 g/mol. The molecule has 0 saturated heterocycles. The first kappa shape index (κ1) is 15.5. The summed E-state index contributed by atoms with van der Waals surface area (Å²) in [5.74, 6) is 1.96. The van der Waals surface area contributed by atoms with Gasteiger partial charge in [0.25, 0.3) is 0 Å². The van der Waals surface area contributed by atoms with Crippen LogP contribution in [0.3, 0.4) is 0 Å². The lowest BCUT2D eigenvalue weighted by Crippen LogP contribution is -2.41. The van der Waals surface area contributed by atoms with E-state index in [-0.39, 0.29) is 18.1 Å². The fourth-order valence-corrected chi connectivity index (χ4v) is 3.42. The van der Waals surface area contributed by atoms with Crippen LogP contribution in [0.2, 0.25) is 5.02 Å². The molecule has 0 spiro atoms. The first-order chi connectivity index (χ1) is 10.6. The van der Waals surface area contributed by atoms with Gasteiger partial charge in [-0.05, 0) is 38.3 Å². The van der Waals surface area contributed by atoms with Gasteiger partial charge in [0.2, 0.25) is 0 Å². The average molecular weight is 321 g/mol. The lowest BCUT2D eigenvalue weighted by Gasteiger charge is -2.32. The zero-order valence-corrected chi connectivity index (χ0v) is 13.6. The Bertz CT molecular complexity index is 657. The van der Waals surface area contributed by atoms with E-state index in [1.54, 1.807) is 7.11 Å². The number of halogens is 1. The molecular formula is C16H21ClN4O. The molecule has 1 saturated carbocycles. The highest BCUT2D eigenvalue weighted by molar-refractivity contribution is 6.32. The number of para-hydroxylation sites is 1. The fourth-order valence-electron chi connectivity index (χ4n) is 3.20. The summed E-state index contributed by atoms with van der Waals surface area (Å²) in [5.41, 5.74) is 7.10. The van der Waals surface area contributed by atoms with Crippen LogP contribution in [0.1, 0.15) is 36.8 Å². The van der Waals surface area contributed by atoms with Gasteiger partial charge >= 0.3 is 0 Å². The molecule has 1 aromatic carbocycles. The van der Waals surface area contributed by atoms with E-state index in [0.717, 1.165) is 36.6 Å². The maximum Gasteiger partial charge on any atom is 0.148 e. The second kappa shape index (κ2) is 6.36. The number of rotatable bonds is 3. The maximum absolute atomic E-state index is 6.32. The molecule has 22 heavy (non-hydrogen) atoms. The van der Waals surface area contributed by atoms with Gasteiger partial charge in [-0.2, -0.15) is 5.10 Å². The number of aryl methyl sites for hydroxylation is 1. The fraction of sp³-hybridized carbons (Fsp3) is 0.500. The molecule has 0 amide bonds. The second-order valence-corrected chi connectivity index (χ2v) is 6.24. The molecule has 5 nitrogen and oxygen atoms in total. The molecule has 0 unspecified atom stereocenters. The normalized spacial score (nSPS) is 25.4. The smallest absolute Gasteiger partial charge is 0.148 e. The van der Waals surface area contributed by atoms with Crippen LogP contribution >= 0.6 is 11.6 Å². The summed E-state index contributed by atoms with van der Waals surface area (Å²) in [6.07, 6.45) is 2.92. The molecule has 3 atom stereocenters. The number of nitrogens with zero attached hydrogens (tertiary/aromatic N) is 3. The van der Waals surface area contributed by atoms with E-state index in [4.69, 9.17) is 22.1 Å². The quantitative estimate of drug-likeness (QED) is 0.944. The number of nitrogens with two attached hydrogens (primary N) is 1. The van der Waals surface area contributed by atoms with Crippen LogP contribution in [0, 0.1) is 6.92 Å². The zero-order chi connectivity index (χ0) is 15.7. The van der Waals surface area contributed by atoms with Gasteiger partial charge in [-0.3, -0.25) is 0 Å². The van der Waals surface area contributed by atoms with Gasteiger partial charge in [0.15, 0.2) is 0 Å². The van der Waals surface area contributed by atoms with Crippen molar-refractivity contribution in [1.29, 1.82) is 0 Å². The Morgan fingerprint density at radius 3 is 2.77 bits per heavy atom. The van der Waals surface area contributed by atoms with E-state index in [1.165, 1.54) is 0 Å². The Morgan fingerprint density at radius 2 is 2.09 bits per heavy atom. The van der Waals surface area contributed by atoms with Crippen molar-refractivity contribution in [1.82, 2.24) is 14.8 Å². The maximum atomic E-state index is 6.32. The topological polar surface area (TPSA) is 66.0 Å². The lowest BCUT2D eigenvalue weighted by atomic mass is 9.83. The van der Waals surface area contributed by atoms with Crippen molar-refractivity contribution in [2.24, 2.45) is 5.73 Å². The third kappa shape index (κ3) is 2.89. The highest BCUT2D eigenvalue weighted by Gasteiger charge is 2.32. The molecule has 6 heteroatoms. The van der Waals surface area contributed by atoms with Crippen LogP contribution in [0.25, 0.3) is 5.69 Å². The minimum atomic E-state index is 0.0282. The molecule has 118 valence electrons. The van der Waals surface area contributed by atoms with Crippen molar-refractivity contribution in [2.75, 3.05) is 7.11 Å². The summed E-state index contributed by atoms with van der Waals surface area (Å²) >= 11 is 6.32. The summed E-state index contributed by atoms with van der Waals surface area (Å²) in [6.45, 7) is 1.90. The molecule has 1 aliphatic rings. The predicted molar refractivity (Wildman–Crippen MR) is 86.5 cm³/mol. The monoisotopic (exact) mass is 320 g/mol. The van der Waals surface area contributed by atoms with Gasteiger partial charge in [-0.25, -0.2) is 9.67 Å². The number of hydrogen-bond acceptors (Lipinski definition) is 4. The van der Waals surface area contributed by atoms with Crippen LogP contribution in [-0.2, 0) is 4.74 Å². The van der Waals surface area contributed by atoms with Crippen molar-refractivity contribution in [2.45, 2.75) is 44.2 Å². The summed E-state index contributed by atoms with van der Waals surface area (Å²) in [4.78, 5) is 4.63. The third-order valence-corrected chi connectivity index (χ3v) is 4.64. The molecule has 2 N–H and O–H groups in total. The van der Waals surface area contributed by atoms with E-state index < -0.39 is 0 Å². The summed E-state index contributed by atoms with van der Waals surface area (Å²) in [5, 5.41) is 5.20. The standard InChI is InChI=1S/C16H21ClN4O/c1-10-19-16(11-7-8-15(22-2)13(18)9-11)21(20-10)14-6-4-3-5-12(14)17/h3-6,11,13,15H,7-9,18H2,1-2H3/t11-,13+,15+/m0/s1. The first-order valence-corrected chi connectivity index (χ1v) is 7.94. The van der Waals surface area contributed by atoms with Crippen molar-refractivity contribution >= 4 is 11.6 Å². The van der Waals surface area contributed by atoms with Crippen molar-refractivity contribution in [3.05, 3.63) is 40.9 Å². The first-order valence-electron chi connectivity index (χ1n) is 7.57. The minimum absolute atomic E-state index is 0.0282. The SMILES string of the molecule is CO[C@@H]1CC[C@H](c2nc(C)nn2-c2ccccc2Cl)C[C@H]1N. The third-order valence-electron chi connectivity index (χ3n) is 4.32. The van der Waals surface area contributed by atoms with E-state index in [0.29, 0.717) is 5.02 Å². The second-order valence-electron chi connectivity index (χ2n) is 5.83. The largest absolute Gasteiger partial charge is 0.380 e. The molecule has 1 heterocycles. The van der Waals surface area contributed by atoms with Crippen molar-refractivity contribution in [3.8, 4) is 5.69 Å². The number of hydrogen-bond donors (Lipinski definition) is 1. The zero-order valence-electron chi connectivity index (χ0n) is 12.9. The predicted octanol–water partition coefficient (Wildman–Crippen LogP) is 2.84. The van der Waals surface area contributed by atoms with E-state index >= 15 is 0 Å². The van der Waals surface area contributed by atoms with E-state index in [1.807, 2.05) is 35.9 Å². The summed E-state index contributed by atoms with van der Waals surface area (Å²) in [7, 11) is 1.72. The van der Waals surface area contributed by atoms with Crippen LogP contribution in [0.5, 0.6) is 0 Å². The van der Waals surface area contributed by atoms with Crippen LogP contribution in [-0.4, -0.2) is 34.0 Å². The highest BCUT2D eigenvalue weighted by Crippen LogP contribution is 2.34. The molecule has 1 aliphatic carbocycles. The summed E-state index contributed by atoms with van der Waals surface area (Å²) in [6, 6.07) is 7.72. The number of benzene rings is 1. The van der Waals surface area contributed by atoms with E-state index in [2.05, 4.69) is 10.1 Å². The van der Waals surface area contributed by atoms with Crippen LogP contribution in [0.4, 0.5) is 0 Å². The Morgan fingerprint density at radius 1 is 1.32 bits per heavy atom. The van der Waals surface area contributed by atoms with Gasteiger partial charge < -0.3 is 10.5 Å². The van der Waals surface area contributed by atoms with Crippen LogP contribution < -0.4 is 5.73 Å². The van der Waals surface area contributed by atoms with Crippen molar-refractivity contribution < 1.29 is 4.74 Å². The van der Waals surface area contributed by atoms with Gasteiger partial charge in [0.05, 0.1) is 16.8 Å². The lowest BCUT2D eigenvalue weighted by molar-refractivity contribution is 0.0482. The minimum Gasteiger partial charge on any atom is -0.380 e. The molecule has 0 aliphatic heterocycles. The molecule has 1 fully saturated rings. The molecule has 1 aromatic heterocycles. The van der Waals surface area contributed by atoms with Crippen LogP contribution in [0.15, 0.2) is 24.3 Å². The van der Waals surface area contributed by atoms with Gasteiger partial charge in [0.1, 0.15) is 11.6 Å². The Hall–Kier alpha value is -1.43.